The number of hydrogen-bond acceptors (Lipinski definition) is 4. The fourth-order valence-corrected chi connectivity index (χ4v) is 4.93. The molecule has 1 heterocycles. The third-order valence-corrected chi connectivity index (χ3v) is 7.08. The average Bonchev–Trinajstić information content (AvgIpc) is 2.91. The molecule has 190 valence electrons. The zero-order valence-corrected chi connectivity index (χ0v) is 20.8. The van der Waals surface area contributed by atoms with Crippen LogP contribution in [0.3, 0.4) is 0 Å². The highest BCUT2D eigenvalue weighted by Gasteiger charge is 2.24. The number of carbonyl (C=O) groups is 2. The highest BCUT2D eigenvalue weighted by Crippen LogP contribution is 2.22. The van der Waals surface area contributed by atoms with Crippen molar-refractivity contribution in [3.05, 3.63) is 81.0 Å². The summed E-state index contributed by atoms with van der Waals surface area (Å²) >= 11 is 0. The summed E-state index contributed by atoms with van der Waals surface area (Å²) in [5, 5.41) is 3.21. The van der Waals surface area contributed by atoms with Crippen LogP contribution >= 0.6 is 0 Å². The first-order valence-electron chi connectivity index (χ1n) is 12.7. The van der Waals surface area contributed by atoms with Crippen LogP contribution in [-0.2, 0) is 29.1 Å². The molecule has 0 unspecified atom stereocenters. The number of rotatable bonds is 9. The molecule has 0 atom stereocenters. The Labute approximate surface area is 210 Å². The van der Waals surface area contributed by atoms with Crippen LogP contribution in [0.15, 0.2) is 64.2 Å². The lowest BCUT2D eigenvalue weighted by Crippen LogP contribution is -2.45. The van der Waals surface area contributed by atoms with Crippen molar-refractivity contribution in [3.63, 3.8) is 0 Å². The van der Waals surface area contributed by atoms with Crippen LogP contribution < -0.4 is 16.6 Å². The minimum atomic E-state index is -0.568. The maximum atomic E-state index is 13.4. The van der Waals surface area contributed by atoms with Crippen molar-refractivity contribution in [2.24, 2.45) is 0 Å². The van der Waals surface area contributed by atoms with Crippen molar-refractivity contribution in [2.75, 3.05) is 13.6 Å². The van der Waals surface area contributed by atoms with Gasteiger partial charge in [0.25, 0.3) is 5.56 Å². The van der Waals surface area contributed by atoms with Gasteiger partial charge in [-0.15, -0.1) is 0 Å². The molecular weight excluding hydrogens is 456 g/mol. The number of carbonyl (C=O) groups excluding carboxylic acids is 2. The normalized spacial score (nSPS) is 14.0. The molecule has 1 aromatic heterocycles. The van der Waals surface area contributed by atoms with Gasteiger partial charge >= 0.3 is 5.69 Å². The summed E-state index contributed by atoms with van der Waals surface area (Å²) < 4.78 is 2.44. The molecule has 1 aliphatic carbocycles. The highest BCUT2D eigenvalue weighted by molar-refractivity contribution is 5.82. The van der Waals surface area contributed by atoms with E-state index in [1.165, 1.54) is 11.0 Å². The van der Waals surface area contributed by atoms with Crippen LogP contribution in [0.4, 0.5) is 0 Å². The van der Waals surface area contributed by atoms with Crippen LogP contribution in [0, 0.1) is 0 Å². The molecule has 8 nitrogen and oxygen atoms in total. The minimum absolute atomic E-state index is 0.00179. The molecule has 8 heteroatoms. The van der Waals surface area contributed by atoms with Crippen LogP contribution in [0.1, 0.15) is 44.1 Å². The van der Waals surface area contributed by atoms with Gasteiger partial charge in [-0.25, -0.2) is 4.79 Å². The van der Waals surface area contributed by atoms with Gasteiger partial charge in [0.15, 0.2) is 0 Å². The molecule has 2 amide bonds. The molecule has 2 aromatic carbocycles. The second kappa shape index (κ2) is 11.8. The topological polar surface area (TPSA) is 93.4 Å². The fourth-order valence-electron chi connectivity index (χ4n) is 4.93. The number of hydrogen-bond donors (Lipinski definition) is 1. The summed E-state index contributed by atoms with van der Waals surface area (Å²) in [6.45, 7) is 0.282. The Bertz CT molecular complexity index is 1320. The summed E-state index contributed by atoms with van der Waals surface area (Å²) in [5.41, 5.74) is 0.536. The van der Waals surface area contributed by atoms with Gasteiger partial charge in [0.1, 0.15) is 6.54 Å². The molecule has 0 bridgehead atoms. The van der Waals surface area contributed by atoms with Crippen molar-refractivity contribution in [1.29, 1.82) is 0 Å². The number of nitrogens with zero attached hydrogens (tertiary/aromatic N) is 3. The predicted octanol–water partition coefficient (Wildman–Crippen LogP) is 2.70. The Kier molecular flexibility index (Phi) is 8.36. The first-order chi connectivity index (χ1) is 17.5. The number of amides is 2. The van der Waals surface area contributed by atoms with Gasteiger partial charge in [-0.3, -0.25) is 23.5 Å². The summed E-state index contributed by atoms with van der Waals surface area (Å²) in [5.74, 6) is -0.386. The molecule has 1 N–H and O–H groups in total. The van der Waals surface area contributed by atoms with E-state index >= 15 is 0 Å². The predicted molar refractivity (Wildman–Crippen MR) is 140 cm³/mol. The van der Waals surface area contributed by atoms with Gasteiger partial charge in [-0.1, -0.05) is 61.7 Å². The average molecular weight is 491 g/mol. The summed E-state index contributed by atoms with van der Waals surface area (Å²) in [6.07, 6.45) is 6.03. The molecule has 0 aliphatic heterocycles. The van der Waals surface area contributed by atoms with Gasteiger partial charge in [0.2, 0.25) is 11.8 Å². The molecule has 0 radical (unpaired) electrons. The lowest BCUT2D eigenvalue weighted by molar-refractivity contribution is -0.133. The highest BCUT2D eigenvalue weighted by atomic mass is 16.2. The molecule has 4 rings (SSSR count). The van der Waals surface area contributed by atoms with Crippen LogP contribution in [0.2, 0.25) is 0 Å². The second-order valence-electron chi connectivity index (χ2n) is 9.47. The number of likely N-dealkylation sites (N-methyl/N-ethyl adjacent to an activating group) is 1. The number of aromatic nitrogens is 2. The van der Waals surface area contributed by atoms with Crippen LogP contribution in [0.25, 0.3) is 10.9 Å². The van der Waals surface area contributed by atoms with E-state index in [4.69, 9.17) is 0 Å². The van der Waals surface area contributed by atoms with Crippen molar-refractivity contribution >= 4 is 22.7 Å². The summed E-state index contributed by atoms with van der Waals surface area (Å²) in [4.78, 5) is 53.8. The first kappa shape index (κ1) is 25.4. The molecule has 36 heavy (non-hydrogen) atoms. The monoisotopic (exact) mass is 490 g/mol. The number of fused-ring (bicyclic) bond motifs is 1. The zero-order valence-electron chi connectivity index (χ0n) is 20.8. The van der Waals surface area contributed by atoms with E-state index in [1.54, 1.807) is 36.2 Å². The Morgan fingerprint density at radius 2 is 1.64 bits per heavy atom. The summed E-state index contributed by atoms with van der Waals surface area (Å²) in [7, 11) is 1.79. The van der Waals surface area contributed by atoms with E-state index in [1.807, 2.05) is 30.3 Å². The molecule has 1 aliphatic rings. The number of benzene rings is 2. The molecule has 1 saturated carbocycles. The van der Waals surface area contributed by atoms with Gasteiger partial charge < -0.3 is 10.2 Å². The Morgan fingerprint density at radius 3 is 2.39 bits per heavy atom. The quantitative estimate of drug-likeness (QED) is 0.499. The Morgan fingerprint density at radius 1 is 0.944 bits per heavy atom. The van der Waals surface area contributed by atoms with Crippen molar-refractivity contribution in [3.8, 4) is 0 Å². The van der Waals surface area contributed by atoms with E-state index in [9.17, 15) is 19.2 Å². The second-order valence-corrected chi connectivity index (χ2v) is 9.47. The van der Waals surface area contributed by atoms with Crippen molar-refractivity contribution in [2.45, 2.75) is 64.1 Å². The number of nitrogens with one attached hydrogen (secondary N) is 1. The van der Waals surface area contributed by atoms with Gasteiger partial charge in [-0.05, 0) is 37.0 Å². The first-order valence-corrected chi connectivity index (χ1v) is 12.7. The minimum Gasteiger partial charge on any atom is -0.356 e. The molecule has 0 spiro atoms. The Balaban J connectivity index is 1.49. The van der Waals surface area contributed by atoms with Crippen molar-refractivity contribution < 1.29 is 9.59 Å². The molecule has 3 aromatic rings. The van der Waals surface area contributed by atoms with Gasteiger partial charge in [0.05, 0.1) is 10.9 Å². The summed E-state index contributed by atoms with van der Waals surface area (Å²) in [6, 6.07) is 16.8. The van der Waals surface area contributed by atoms with E-state index in [2.05, 4.69) is 5.32 Å². The standard InChI is InChI=1S/C28H34N4O4/c1-30(22-12-6-3-7-13-22)26(34)20-32-24-15-9-8-14-23(24)27(35)31(28(32)36)19-17-25(33)29-18-16-21-10-4-2-5-11-21/h2,4-5,8-11,14-15,22H,3,6-7,12-13,16-20H2,1H3,(H,29,33). The van der Waals surface area contributed by atoms with Crippen LogP contribution in [0.5, 0.6) is 0 Å². The van der Waals surface area contributed by atoms with Crippen LogP contribution in [-0.4, -0.2) is 45.5 Å². The van der Waals surface area contributed by atoms with Gasteiger partial charge in [-0.2, -0.15) is 0 Å². The fraction of sp³-hybridized carbons (Fsp3) is 0.429. The van der Waals surface area contributed by atoms with E-state index in [-0.39, 0.29) is 37.4 Å². The molecule has 1 fully saturated rings. The van der Waals surface area contributed by atoms with E-state index in [0.717, 1.165) is 35.8 Å². The third kappa shape index (κ3) is 5.93. The third-order valence-electron chi connectivity index (χ3n) is 7.08. The Hall–Kier alpha value is -3.68. The van der Waals surface area contributed by atoms with Crippen molar-refractivity contribution in [1.82, 2.24) is 19.4 Å². The zero-order chi connectivity index (χ0) is 25.5. The maximum Gasteiger partial charge on any atom is 0.331 e. The van der Waals surface area contributed by atoms with E-state index < -0.39 is 11.2 Å². The van der Waals surface area contributed by atoms with Gasteiger partial charge in [0, 0.05) is 32.6 Å². The largest absolute Gasteiger partial charge is 0.356 e. The number of para-hydroxylation sites is 1. The smallest absolute Gasteiger partial charge is 0.331 e. The molecular formula is C28H34N4O4. The lowest BCUT2D eigenvalue weighted by atomic mass is 9.94. The molecule has 0 saturated heterocycles. The maximum absolute atomic E-state index is 13.4. The SMILES string of the molecule is CN(C(=O)Cn1c(=O)n(CCC(=O)NCCc2ccccc2)c(=O)c2ccccc21)C1CCCCC1. The lowest BCUT2D eigenvalue weighted by Gasteiger charge is -2.31. The van der Waals surface area contributed by atoms with E-state index in [0.29, 0.717) is 23.9 Å².